The van der Waals surface area contributed by atoms with Crippen molar-refractivity contribution >= 4 is 17.5 Å². The van der Waals surface area contributed by atoms with Crippen LogP contribution in [0.5, 0.6) is 0 Å². The van der Waals surface area contributed by atoms with Gasteiger partial charge in [-0.15, -0.1) is 0 Å². The van der Waals surface area contributed by atoms with Crippen LogP contribution in [0.1, 0.15) is 11.6 Å². The van der Waals surface area contributed by atoms with E-state index in [2.05, 4.69) is 5.32 Å². The van der Waals surface area contributed by atoms with E-state index in [1.54, 1.807) is 12.1 Å². The van der Waals surface area contributed by atoms with Crippen molar-refractivity contribution in [2.75, 3.05) is 0 Å². The van der Waals surface area contributed by atoms with Crippen molar-refractivity contribution in [2.24, 2.45) is 5.73 Å². The first-order valence-electron chi connectivity index (χ1n) is 3.99. The molecule has 0 spiro atoms. The topological polar surface area (TPSA) is 65.0 Å². The Morgan fingerprint density at radius 1 is 1.38 bits per heavy atom. The normalized spacial score (nSPS) is 25.6. The number of rotatable bonds is 2. The van der Waals surface area contributed by atoms with Gasteiger partial charge in [0.15, 0.2) is 0 Å². The zero-order valence-electron chi connectivity index (χ0n) is 6.83. The number of nitrogens with two attached hydrogens (primary N) is 1. The summed E-state index contributed by atoms with van der Waals surface area (Å²) in [5, 5.41) is 3.68. The molecule has 68 valence electrons. The van der Waals surface area contributed by atoms with Crippen LogP contribution in [-0.4, -0.2) is 11.9 Å². The molecule has 2 rings (SSSR count). The Kier molecular flexibility index (Phi) is 1.98. The Hall–Kier alpha value is -1.06. The lowest BCUT2D eigenvalue weighted by atomic mass is 10.1. The smallest absolute Gasteiger partial charge is 0.236 e. The molecule has 1 aliphatic heterocycles. The minimum Gasteiger partial charge on any atom is -0.368 e. The van der Waals surface area contributed by atoms with Crippen molar-refractivity contribution in [2.45, 2.75) is 12.1 Å². The van der Waals surface area contributed by atoms with Crippen molar-refractivity contribution in [1.82, 2.24) is 5.32 Å². The Labute approximate surface area is 80.9 Å². The first-order chi connectivity index (χ1) is 6.18. The van der Waals surface area contributed by atoms with Crippen LogP contribution in [0.3, 0.4) is 0 Å². The second kappa shape index (κ2) is 3.01. The molecule has 13 heavy (non-hydrogen) atoms. The molecule has 0 aromatic heterocycles. The fourth-order valence-electron chi connectivity index (χ4n) is 1.34. The van der Waals surface area contributed by atoms with Gasteiger partial charge in [-0.2, -0.15) is 0 Å². The number of hydrogen-bond donors (Lipinski definition) is 2. The zero-order valence-corrected chi connectivity index (χ0v) is 7.58. The molecule has 1 fully saturated rings. The number of amides is 1. The number of primary amides is 1. The molecule has 0 aliphatic carbocycles. The fraction of sp³-hybridized carbons (Fsp3) is 0.222. The SMILES string of the molecule is NC(=O)[C@@H]1N[C@@H]1c1ccc(Cl)cc1. The third kappa shape index (κ3) is 1.66. The van der Waals surface area contributed by atoms with Crippen molar-refractivity contribution in [3.05, 3.63) is 34.9 Å². The summed E-state index contributed by atoms with van der Waals surface area (Å²) in [4.78, 5) is 10.7. The van der Waals surface area contributed by atoms with Gasteiger partial charge in [0.2, 0.25) is 5.91 Å². The summed E-state index contributed by atoms with van der Waals surface area (Å²) >= 11 is 5.72. The van der Waals surface area contributed by atoms with E-state index < -0.39 is 0 Å². The fourth-order valence-corrected chi connectivity index (χ4v) is 1.47. The first-order valence-corrected chi connectivity index (χ1v) is 4.37. The van der Waals surface area contributed by atoms with E-state index in [4.69, 9.17) is 17.3 Å². The van der Waals surface area contributed by atoms with Gasteiger partial charge in [0.05, 0.1) is 6.04 Å². The predicted octanol–water partition coefficient (Wildman–Crippen LogP) is 0.838. The van der Waals surface area contributed by atoms with Gasteiger partial charge < -0.3 is 5.73 Å². The quantitative estimate of drug-likeness (QED) is 0.689. The van der Waals surface area contributed by atoms with E-state index in [0.29, 0.717) is 5.02 Å². The number of halogens is 1. The third-order valence-electron chi connectivity index (χ3n) is 2.12. The molecule has 2 atom stereocenters. The summed E-state index contributed by atoms with van der Waals surface area (Å²) in [5.74, 6) is -0.306. The van der Waals surface area contributed by atoms with Gasteiger partial charge in [0.1, 0.15) is 6.04 Å². The molecular weight excluding hydrogens is 188 g/mol. The summed E-state index contributed by atoms with van der Waals surface area (Å²) in [6.07, 6.45) is 0. The first kappa shape index (κ1) is 8.53. The van der Waals surface area contributed by atoms with Gasteiger partial charge in [0.25, 0.3) is 0 Å². The molecule has 0 bridgehead atoms. The zero-order chi connectivity index (χ0) is 9.42. The van der Waals surface area contributed by atoms with E-state index in [1.165, 1.54) is 0 Å². The van der Waals surface area contributed by atoms with Crippen LogP contribution in [-0.2, 0) is 4.79 Å². The molecule has 4 heteroatoms. The molecule has 3 N–H and O–H groups in total. The second-order valence-corrected chi connectivity index (χ2v) is 3.51. The molecule has 1 aromatic rings. The largest absolute Gasteiger partial charge is 0.368 e. The maximum Gasteiger partial charge on any atom is 0.236 e. The van der Waals surface area contributed by atoms with Gasteiger partial charge in [0, 0.05) is 5.02 Å². The highest BCUT2D eigenvalue weighted by molar-refractivity contribution is 6.30. The van der Waals surface area contributed by atoms with E-state index in [1.807, 2.05) is 12.1 Å². The number of carbonyl (C=O) groups excluding carboxylic acids is 1. The van der Waals surface area contributed by atoms with E-state index >= 15 is 0 Å². The van der Waals surface area contributed by atoms with Gasteiger partial charge >= 0.3 is 0 Å². The number of hydrogen-bond acceptors (Lipinski definition) is 2. The summed E-state index contributed by atoms with van der Waals surface area (Å²) in [6.45, 7) is 0. The third-order valence-corrected chi connectivity index (χ3v) is 2.37. The van der Waals surface area contributed by atoms with Crippen molar-refractivity contribution in [1.29, 1.82) is 0 Å². The van der Waals surface area contributed by atoms with Gasteiger partial charge in [-0.3, -0.25) is 10.1 Å². The van der Waals surface area contributed by atoms with Crippen LogP contribution in [0, 0.1) is 0 Å². The van der Waals surface area contributed by atoms with Crippen molar-refractivity contribution in [3.63, 3.8) is 0 Å². The van der Waals surface area contributed by atoms with Crippen LogP contribution in [0.15, 0.2) is 24.3 Å². The second-order valence-electron chi connectivity index (χ2n) is 3.08. The van der Waals surface area contributed by atoms with E-state index in [9.17, 15) is 4.79 Å². The van der Waals surface area contributed by atoms with Gasteiger partial charge in [-0.1, -0.05) is 23.7 Å². The lowest BCUT2D eigenvalue weighted by molar-refractivity contribution is -0.117. The average Bonchev–Trinajstić information content (AvgIpc) is 2.85. The Morgan fingerprint density at radius 2 is 2.00 bits per heavy atom. The summed E-state index contributed by atoms with van der Waals surface area (Å²) < 4.78 is 0. The van der Waals surface area contributed by atoms with Crippen molar-refractivity contribution in [3.8, 4) is 0 Å². The molecule has 1 aliphatic rings. The standard InChI is InChI=1S/C9H9ClN2O/c10-6-3-1-5(2-4-6)7-8(12-7)9(11)13/h1-4,7-8,12H,(H2,11,13)/t7-,8-/m1/s1. The highest BCUT2D eigenvalue weighted by atomic mass is 35.5. The highest BCUT2D eigenvalue weighted by Crippen LogP contribution is 2.29. The van der Waals surface area contributed by atoms with E-state index in [0.717, 1.165) is 5.56 Å². The Morgan fingerprint density at radius 3 is 2.46 bits per heavy atom. The lowest BCUT2D eigenvalue weighted by Gasteiger charge is -1.96. The molecule has 1 saturated heterocycles. The maximum atomic E-state index is 10.7. The van der Waals surface area contributed by atoms with Crippen LogP contribution >= 0.6 is 11.6 Å². The van der Waals surface area contributed by atoms with Crippen molar-refractivity contribution < 1.29 is 4.79 Å². The molecule has 1 heterocycles. The molecule has 0 saturated carbocycles. The van der Waals surface area contributed by atoms with Gasteiger partial charge in [-0.25, -0.2) is 0 Å². The van der Waals surface area contributed by atoms with E-state index in [-0.39, 0.29) is 18.0 Å². The number of benzene rings is 1. The molecule has 3 nitrogen and oxygen atoms in total. The minimum atomic E-state index is -0.306. The van der Waals surface area contributed by atoms with Crippen LogP contribution in [0.2, 0.25) is 5.02 Å². The monoisotopic (exact) mass is 196 g/mol. The summed E-state index contributed by atoms with van der Waals surface area (Å²) in [5.41, 5.74) is 6.18. The molecule has 1 aromatic carbocycles. The highest BCUT2D eigenvalue weighted by Gasteiger charge is 2.41. The average molecular weight is 197 g/mol. The predicted molar refractivity (Wildman–Crippen MR) is 50.3 cm³/mol. The Balaban J connectivity index is 2.12. The van der Waals surface area contributed by atoms with Crippen LogP contribution < -0.4 is 11.1 Å². The molecular formula is C9H9ClN2O. The van der Waals surface area contributed by atoms with Crippen LogP contribution in [0.4, 0.5) is 0 Å². The summed E-state index contributed by atoms with van der Waals surface area (Å²) in [6, 6.07) is 7.26. The number of carbonyl (C=O) groups is 1. The lowest BCUT2D eigenvalue weighted by Crippen LogP contribution is -2.19. The minimum absolute atomic E-state index is 0.0785. The summed E-state index contributed by atoms with van der Waals surface area (Å²) in [7, 11) is 0. The van der Waals surface area contributed by atoms with Gasteiger partial charge in [-0.05, 0) is 17.7 Å². The molecule has 1 amide bonds. The molecule has 0 unspecified atom stereocenters. The maximum absolute atomic E-state index is 10.7. The van der Waals surface area contributed by atoms with Crippen LogP contribution in [0.25, 0.3) is 0 Å². The Bertz CT molecular complexity index is 336. The molecule has 0 radical (unpaired) electrons. The number of nitrogens with one attached hydrogen (secondary N) is 1.